The zero-order chi connectivity index (χ0) is 19.4. The molecule has 4 aliphatic carbocycles. The Bertz CT molecular complexity index is 710. The van der Waals surface area contributed by atoms with Gasteiger partial charge in [-0.3, -0.25) is 14.4 Å². The molecule has 4 rings (SSSR count). The summed E-state index contributed by atoms with van der Waals surface area (Å²) in [4.78, 5) is 36.0. The molecule has 1 amide bonds. The lowest BCUT2D eigenvalue weighted by molar-refractivity contribution is -0.131. The summed E-state index contributed by atoms with van der Waals surface area (Å²) in [6.07, 6.45) is 10.3. The third-order valence-electron chi connectivity index (χ3n) is 8.86. The average Bonchev–Trinajstić information content (AvgIpc) is 2.97. The maximum Gasteiger partial charge on any atom is 0.217 e. The van der Waals surface area contributed by atoms with Crippen molar-refractivity contribution in [3.63, 3.8) is 0 Å². The number of allylic oxidation sites excluding steroid dienone is 1. The van der Waals surface area contributed by atoms with Crippen LogP contribution >= 0.6 is 0 Å². The van der Waals surface area contributed by atoms with Crippen molar-refractivity contribution in [2.75, 3.05) is 6.54 Å². The monoisotopic (exact) mass is 371 g/mol. The van der Waals surface area contributed by atoms with Gasteiger partial charge in [-0.05, 0) is 79.6 Å². The standard InChI is InChI=1S/C23H33NO3/c1-14(25)24-13-21(27)20-7-6-18-17-5-4-15-12-16(26)8-10-22(15,2)19(17)9-11-23(18,20)3/h12,17-20H,4-11,13H2,1-3H3,(H,24,25)/t17-,18-,19-,20+,22-,23-/m0/s1. The van der Waals surface area contributed by atoms with E-state index in [0.717, 1.165) is 32.1 Å². The smallest absolute Gasteiger partial charge is 0.217 e. The number of ketones is 2. The first-order valence-corrected chi connectivity index (χ1v) is 10.8. The highest BCUT2D eigenvalue weighted by molar-refractivity contribution is 5.91. The lowest BCUT2D eigenvalue weighted by atomic mass is 9.46. The van der Waals surface area contributed by atoms with E-state index in [-0.39, 0.29) is 35.0 Å². The second kappa shape index (κ2) is 6.56. The van der Waals surface area contributed by atoms with E-state index in [1.165, 1.54) is 25.3 Å². The molecule has 0 unspecified atom stereocenters. The quantitative estimate of drug-likeness (QED) is 0.820. The van der Waals surface area contributed by atoms with Crippen LogP contribution in [0, 0.1) is 34.5 Å². The lowest BCUT2D eigenvalue weighted by Gasteiger charge is -2.58. The van der Waals surface area contributed by atoms with Crippen molar-refractivity contribution in [2.45, 2.75) is 72.1 Å². The highest BCUT2D eigenvalue weighted by Crippen LogP contribution is 2.66. The summed E-state index contributed by atoms with van der Waals surface area (Å²) in [5.41, 5.74) is 1.68. The van der Waals surface area contributed by atoms with Crippen molar-refractivity contribution >= 4 is 17.5 Å². The third kappa shape index (κ3) is 2.91. The van der Waals surface area contributed by atoms with E-state index in [9.17, 15) is 14.4 Å². The van der Waals surface area contributed by atoms with Gasteiger partial charge in [-0.1, -0.05) is 19.4 Å². The number of carbonyl (C=O) groups is 3. The van der Waals surface area contributed by atoms with Crippen molar-refractivity contribution in [1.82, 2.24) is 5.32 Å². The number of hydrogen-bond acceptors (Lipinski definition) is 3. The van der Waals surface area contributed by atoms with Crippen molar-refractivity contribution in [2.24, 2.45) is 34.5 Å². The first-order chi connectivity index (χ1) is 12.8. The molecule has 0 bridgehead atoms. The number of nitrogens with one attached hydrogen (secondary N) is 1. The van der Waals surface area contributed by atoms with Crippen LogP contribution in [0.3, 0.4) is 0 Å². The molecule has 0 aromatic heterocycles. The SMILES string of the molecule is CC(=O)NCC(=O)[C@H]1CC[C@H]2[C@@H]3CCC4=CC(=O)CC[C@]4(C)[C@H]3CC[C@]12C. The molecule has 0 radical (unpaired) electrons. The fourth-order valence-corrected chi connectivity index (χ4v) is 7.42. The molecule has 0 aromatic rings. The Balaban J connectivity index is 1.56. The fourth-order valence-electron chi connectivity index (χ4n) is 7.42. The molecule has 4 nitrogen and oxygen atoms in total. The molecule has 3 fully saturated rings. The number of amides is 1. The number of fused-ring (bicyclic) bond motifs is 5. The van der Waals surface area contributed by atoms with E-state index in [0.29, 0.717) is 30.0 Å². The Morgan fingerprint density at radius 3 is 2.59 bits per heavy atom. The van der Waals surface area contributed by atoms with E-state index >= 15 is 0 Å². The fraction of sp³-hybridized carbons (Fsp3) is 0.783. The predicted octanol–water partition coefficient (Wildman–Crippen LogP) is 3.84. The molecule has 0 aliphatic heterocycles. The van der Waals surface area contributed by atoms with E-state index in [2.05, 4.69) is 19.2 Å². The Kier molecular flexibility index (Phi) is 4.59. The highest BCUT2D eigenvalue weighted by Gasteiger charge is 2.59. The molecular formula is C23H33NO3. The van der Waals surface area contributed by atoms with Gasteiger partial charge in [0.15, 0.2) is 11.6 Å². The normalized spacial score (nSPS) is 43.2. The molecule has 1 N–H and O–H groups in total. The lowest BCUT2D eigenvalue weighted by Crippen LogP contribution is -2.51. The highest BCUT2D eigenvalue weighted by atomic mass is 16.2. The molecule has 4 heteroatoms. The minimum Gasteiger partial charge on any atom is -0.349 e. The molecule has 0 spiro atoms. The summed E-state index contributed by atoms with van der Waals surface area (Å²) in [6, 6.07) is 0. The van der Waals surface area contributed by atoms with Crippen LogP contribution in [0.15, 0.2) is 11.6 Å². The van der Waals surface area contributed by atoms with Gasteiger partial charge >= 0.3 is 0 Å². The van der Waals surface area contributed by atoms with E-state index in [4.69, 9.17) is 0 Å². The zero-order valence-electron chi connectivity index (χ0n) is 17.0. The first kappa shape index (κ1) is 18.9. The number of carbonyl (C=O) groups excluding carboxylic acids is 3. The van der Waals surface area contributed by atoms with Crippen molar-refractivity contribution in [1.29, 1.82) is 0 Å². The topological polar surface area (TPSA) is 63.2 Å². The summed E-state index contributed by atoms with van der Waals surface area (Å²) < 4.78 is 0. The average molecular weight is 372 g/mol. The van der Waals surface area contributed by atoms with Crippen molar-refractivity contribution in [3.8, 4) is 0 Å². The second-order valence-electron chi connectivity index (χ2n) is 10.0. The predicted molar refractivity (Wildman–Crippen MR) is 104 cm³/mol. The van der Waals surface area contributed by atoms with Crippen LogP contribution in [0.5, 0.6) is 0 Å². The Labute approximate surface area is 162 Å². The zero-order valence-corrected chi connectivity index (χ0v) is 17.0. The molecule has 6 atom stereocenters. The van der Waals surface area contributed by atoms with Gasteiger partial charge in [-0.15, -0.1) is 0 Å². The summed E-state index contributed by atoms with van der Waals surface area (Å²) in [7, 11) is 0. The van der Waals surface area contributed by atoms with Gasteiger partial charge in [0.2, 0.25) is 5.91 Å². The molecule has 4 aliphatic rings. The molecule has 27 heavy (non-hydrogen) atoms. The summed E-state index contributed by atoms with van der Waals surface area (Å²) in [5, 5.41) is 2.71. The minimum atomic E-state index is -0.127. The van der Waals surface area contributed by atoms with Crippen LogP contribution in [-0.2, 0) is 14.4 Å². The van der Waals surface area contributed by atoms with Gasteiger partial charge in [0, 0.05) is 19.3 Å². The molecule has 148 valence electrons. The summed E-state index contributed by atoms with van der Waals surface area (Å²) >= 11 is 0. The van der Waals surface area contributed by atoms with Gasteiger partial charge in [0.05, 0.1) is 6.54 Å². The van der Waals surface area contributed by atoms with Crippen LogP contribution in [-0.4, -0.2) is 24.0 Å². The second-order valence-corrected chi connectivity index (χ2v) is 10.0. The van der Waals surface area contributed by atoms with Crippen LogP contribution in [0.2, 0.25) is 0 Å². The minimum absolute atomic E-state index is 0.0821. The number of rotatable bonds is 3. The van der Waals surface area contributed by atoms with Gasteiger partial charge in [0.1, 0.15) is 0 Å². The van der Waals surface area contributed by atoms with E-state index < -0.39 is 0 Å². The Hall–Kier alpha value is -1.45. The van der Waals surface area contributed by atoms with Gasteiger partial charge < -0.3 is 5.32 Å². The Morgan fingerprint density at radius 2 is 1.85 bits per heavy atom. The summed E-state index contributed by atoms with van der Waals surface area (Å²) in [6.45, 7) is 6.40. The van der Waals surface area contributed by atoms with Crippen LogP contribution in [0.4, 0.5) is 0 Å². The van der Waals surface area contributed by atoms with Crippen LogP contribution in [0.25, 0.3) is 0 Å². The van der Waals surface area contributed by atoms with Crippen LogP contribution < -0.4 is 5.32 Å². The molecule has 0 aromatic carbocycles. The largest absolute Gasteiger partial charge is 0.349 e. The van der Waals surface area contributed by atoms with Crippen molar-refractivity contribution < 1.29 is 14.4 Å². The molecule has 0 saturated heterocycles. The molecule has 0 heterocycles. The maximum atomic E-state index is 12.8. The summed E-state index contributed by atoms with van der Waals surface area (Å²) in [5.74, 6) is 2.45. The van der Waals surface area contributed by atoms with Gasteiger partial charge in [-0.25, -0.2) is 0 Å². The number of Topliss-reactive ketones (excluding diaryl/α,β-unsaturated/α-hetero) is 1. The van der Waals surface area contributed by atoms with Gasteiger partial charge in [-0.2, -0.15) is 0 Å². The van der Waals surface area contributed by atoms with E-state index in [1.807, 2.05) is 6.08 Å². The first-order valence-electron chi connectivity index (χ1n) is 10.8. The maximum absolute atomic E-state index is 12.8. The van der Waals surface area contributed by atoms with E-state index in [1.54, 1.807) is 0 Å². The number of hydrogen-bond donors (Lipinski definition) is 1. The Morgan fingerprint density at radius 1 is 1.07 bits per heavy atom. The molecular weight excluding hydrogens is 338 g/mol. The van der Waals surface area contributed by atoms with Crippen molar-refractivity contribution in [3.05, 3.63) is 11.6 Å². The third-order valence-corrected chi connectivity index (χ3v) is 8.86. The molecule has 3 saturated carbocycles. The van der Waals surface area contributed by atoms with Gasteiger partial charge in [0.25, 0.3) is 0 Å². The van der Waals surface area contributed by atoms with Crippen LogP contribution in [0.1, 0.15) is 72.1 Å².